The van der Waals surface area contributed by atoms with E-state index in [4.69, 9.17) is 4.74 Å². The number of aromatic hydroxyl groups is 2. The van der Waals surface area contributed by atoms with E-state index in [-0.39, 0.29) is 36.4 Å². The predicted molar refractivity (Wildman–Crippen MR) is 146 cm³/mol. The lowest BCUT2D eigenvalue weighted by Gasteiger charge is -2.35. The van der Waals surface area contributed by atoms with Crippen LogP contribution in [0.3, 0.4) is 0 Å². The number of benzene rings is 2. The van der Waals surface area contributed by atoms with Crippen molar-refractivity contribution in [3.63, 3.8) is 0 Å². The molecule has 0 aromatic heterocycles. The molecule has 9 nitrogen and oxygen atoms in total. The third-order valence-corrected chi connectivity index (χ3v) is 5.64. The number of phenolic OH excluding ortho intramolecular Hbond substituents is 2. The Balaban J connectivity index is 2.54. The van der Waals surface area contributed by atoms with Crippen LogP contribution in [-0.4, -0.2) is 57.3 Å². The van der Waals surface area contributed by atoms with Gasteiger partial charge in [0.2, 0.25) is 11.8 Å². The number of hydrogen-bond acceptors (Lipinski definition) is 6. The van der Waals surface area contributed by atoms with Gasteiger partial charge in [0.1, 0.15) is 29.2 Å². The van der Waals surface area contributed by atoms with E-state index in [0.717, 1.165) is 0 Å². The molecule has 0 aliphatic carbocycles. The second-order valence-corrected chi connectivity index (χ2v) is 10.7. The predicted octanol–water partition coefficient (Wildman–Crippen LogP) is 4.35. The summed E-state index contributed by atoms with van der Waals surface area (Å²) in [6, 6.07) is 8.95. The van der Waals surface area contributed by atoms with Crippen LogP contribution in [0.4, 0.5) is 4.79 Å². The highest BCUT2D eigenvalue weighted by Gasteiger charge is 2.36. The molecule has 0 aliphatic heterocycles. The number of carbonyl (C=O) groups is 3. The lowest BCUT2D eigenvalue weighted by molar-refractivity contribution is -0.142. The zero-order valence-electron chi connectivity index (χ0n) is 23.4. The van der Waals surface area contributed by atoms with E-state index in [1.165, 1.54) is 23.1 Å². The number of nitrogens with one attached hydrogen (secondary N) is 2. The molecule has 0 radical (unpaired) electrons. The highest BCUT2D eigenvalue weighted by atomic mass is 16.6. The van der Waals surface area contributed by atoms with Gasteiger partial charge in [0.25, 0.3) is 0 Å². The second kappa shape index (κ2) is 13.2. The van der Waals surface area contributed by atoms with Gasteiger partial charge in [-0.15, -0.1) is 0 Å². The third-order valence-electron chi connectivity index (χ3n) is 5.64. The first-order valence-electron chi connectivity index (χ1n) is 12.9. The number of phenols is 2. The minimum atomic E-state index is -1.05. The van der Waals surface area contributed by atoms with Crippen molar-refractivity contribution in [2.24, 2.45) is 0 Å². The van der Waals surface area contributed by atoms with Crippen molar-refractivity contribution >= 4 is 17.9 Å². The molecule has 0 fully saturated rings. The van der Waals surface area contributed by atoms with Gasteiger partial charge in [-0.2, -0.15) is 0 Å². The fourth-order valence-corrected chi connectivity index (χ4v) is 4.01. The summed E-state index contributed by atoms with van der Waals surface area (Å²) in [7, 11) is 0. The van der Waals surface area contributed by atoms with Crippen LogP contribution in [0.1, 0.15) is 70.7 Å². The van der Waals surface area contributed by atoms with Crippen LogP contribution >= 0.6 is 0 Å². The molecule has 2 unspecified atom stereocenters. The summed E-state index contributed by atoms with van der Waals surface area (Å²) in [4.78, 5) is 41.8. The van der Waals surface area contributed by atoms with Gasteiger partial charge in [-0.3, -0.25) is 9.59 Å². The minimum Gasteiger partial charge on any atom is -0.508 e. The quantitative estimate of drug-likeness (QED) is 0.364. The zero-order chi connectivity index (χ0) is 28.6. The van der Waals surface area contributed by atoms with Crippen molar-refractivity contribution in [1.29, 1.82) is 0 Å². The number of aryl methyl sites for hydroxylation is 1. The third kappa shape index (κ3) is 8.97. The fraction of sp³-hybridized carbons (Fsp3) is 0.483. The largest absolute Gasteiger partial charge is 0.508 e. The Morgan fingerprint density at radius 2 is 1.63 bits per heavy atom. The summed E-state index contributed by atoms with van der Waals surface area (Å²) in [6.45, 7) is 12.7. The van der Waals surface area contributed by atoms with Gasteiger partial charge >= 0.3 is 6.09 Å². The molecule has 0 saturated heterocycles. The summed E-state index contributed by atoms with van der Waals surface area (Å²) in [5.41, 5.74) is 1.04. The molecule has 2 rings (SSSR count). The number of ether oxygens (including phenoxy) is 1. The van der Waals surface area contributed by atoms with E-state index in [2.05, 4.69) is 10.6 Å². The monoisotopic (exact) mass is 527 g/mol. The van der Waals surface area contributed by atoms with Gasteiger partial charge < -0.3 is 30.5 Å². The van der Waals surface area contributed by atoms with Gasteiger partial charge in [-0.1, -0.05) is 25.1 Å². The summed E-state index contributed by atoms with van der Waals surface area (Å²) in [5.74, 6) is -0.660. The maximum Gasteiger partial charge on any atom is 0.408 e. The highest BCUT2D eigenvalue weighted by Crippen LogP contribution is 2.28. The van der Waals surface area contributed by atoms with Gasteiger partial charge in [0.15, 0.2) is 0 Å². The number of alkyl carbamates (subject to hydrolysis) is 1. The Bertz CT molecular complexity index is 1110. The van der Waals surface area contributed by atoms with Crippen molar-refractivity contribution in [2.75, 3.05) is 6.54 Å². The van der Waals surface area contributed by atoms with Crippen LogP contribution in [0, 0.1) is 6.92 Å². The van der Waals surface area contributed by atoms with Crippen molar-refractivity contribution in [2.45, 2.75) is 85.0 Å². The van der Waals surface area contributed by atoms with Crippen LogP contribution in [0.5, 0.6) is 11.5 Å². The molecule has 9 heteroatoms. The summed E-state index contributed by atoms with van der Waals surface area (Å²) >= 11 is 0. The molecule has 208 valence electrons. The second-order valence-electron chi connectivity index (χ2n) is 10.7. The smallest absolute Gasteiger partial charge is 0.408 e. The number of carbonyl (C=O) groups excluding carboxylic acids is 3. The van der Waals surface area contributed by atoms with Crippen LogP contribution in [0.15, 0.2) is 42.5 Å². The minimum absolute atomic E-state index is 0.0810. The molecule has 3 amide bonds. The van der Waals surface area contributed by atoms with Crippen molar-refractivity contribution in [1.82, 2.24) is 15.5 Å². The molecule has 0 spiro atoms. The standard InChI is InChI=1S/C29H41N3O6/c1-8-15-32(25(26(35)30-18(2)3)21-11-14-24(34)19(4)16-21)27(36)23(31-28(37)38-29(5,6)7)17-20-9-12-22(33)13-10-20/h9-14,16,18,23,25,33-34H,8,15,17H2,1-7H3,(H,30,35)(H,31,37). The SMILES string of the molecule is CCCN(C(=O)C(Cc1ccc(O)cc1)NC(=O)OC(C)(C)C)C(C(=O)NC(C)C)c1ccc(O)c(C)c1. The van der Waals surface area contributed by atoms with Crippen molar-refractivity contribution in [3.05, 3.63) is 59.2 Å². The number of nitrogens with zero attached hydrogens (tertiary/aromatic N) is 1. The van der Waals surface area contributed by atoms with E-state index in [0.29, 0.717) is 23.1 Å². The number of amides is 3. The summed E-state index contributed by atoms with van der Waals surface area (Å²) in [6.07, 6.45) is -0.0760. The van der Waals surface area contributed by atoms with Crippen LogP contribution in [0.25, 0.3) is 0 Å². The molecule has 2 aromatic rings. The molecule has 0 heterocycles. The normalized spacial score (nSPS) is 12.9. The molecule has 38 heavy (non-hydrogen) atoms. The summed E-state index contributed by atoms with van der Waals surface area (Å²) in [5, 5.41) is 25.3. The topological polar surface area (TPSA) is 128 Å². The Morgan fingerprint density at radius 3 is 2.16 bits per heavy atom. The first-order chi connectivity index (χ1) is 17.7. The molecular formula is C29H41N3O6. The highest BCUT2D eigenvalue weighted by molar-refractivity contribution is 5.92. The molecule has 2 atom stereocenters. The van der Waals surface area contributed by atoms with Gasteiger partial charge in [0.05, 0.1) is 0 Å². The van der Waals surface area contributed by atoms with E-state index < -0.39 is 29.7 Å². The van der Waals surface area contributed by atoms with Crippen LogP contribution in [-0.2, 0) is 20.7 Å². The Hall–Kier alpha value is -3.75. The molecule has 0 saturated carbocycles. The maximum absolute atomic E-state index is 14.1. The number of rotatable bonds is 10. The Morgan fingerprint density at radius 1 is 1.00 bits per heavy atom. The van der Waals surface area contributed by atoms with E-state index in [9.17, 15) is 24.6 Å². The van der Waals surface area contributed by atoms with Crippen LogP contribution in [0.2, 0.25) is 0 Å². The number of hydrogen-bond donors (Lipinski definition) is 4. The lowest BCUT2D eigenvalue weighted by Crippen LogP contribution is -2.54. The zero-order valence-corrected chi connectivity index (χ0v) is 23.4. The van der Waals surface area contributed by atoms with Crippen LogP contribution < -0.4 is 10.6 Å². The molecule has 0 aliphatic rings. The van der Waals surface area contributed by atoms with Gasteiger partial charge in [-0.05, 0) is 88.9 Å². The van der Waals surface area contributed by atoms with E-state index in [1.54, 1.807) is 52.0 Å². The van der Waals surface area contributed by atoms with Gasteiger partial charge in [-0.25, -0.2) is 4.79 Å². The first-order valence-corrected chi connectivity index (χ1v) is 12.9. The van der Waals surface area contributed by atoms with Crippen molar-refractivity contribution < 1.29 is 29.3 Å². The van der Waals surface area contributed by atoms with E-state index in [1.807, 2.05) is 20.8 Å². The molecule has 2 aromatic carbocycles. The van der Waals surface area contributed by atoms with Crippen molar-refractivity contribution in [3.8, 4) is 11.5 Å². The average molecular weight is 528 g/mol. The fourth-order valence-electron chi connectivity index (χ4n) is 4.01. The molecular weight excluding hydrogens is 486 g/mol. The maximum atomic E-state index is 14.1. The lowest BCUT2D eigenvalue weighted by atomic mass is 9.98. The first kappa shape index (κ1) is 30.5. The molecule has 4 N–H and O–H groups in total. The Labute approximate surface area is 225 Å². The Kier molecular flexibility index (Phi) is 10.6. The summed E-state index contributed by atoms with van der Waals surface area (Å²) < 4.78 is 5.42. The van der Waals surface area contributed by atoms with E-state index >= 15 is 0 Å². The molecule has 0 bridgehead atoms. The average Bonchev–Trinajstić information content (AvgIpc) is 2.80. The van der Waals surface area contributed by atoms with Gasteiger partial charge in [0, 0.05) is 19.0 Å².